The average Bonchev–Trinajstić information content (AvgIpc) is 2.98. The van der Waals surface area contributed by atoms with Gasteiger partial charge in [-0.25, -0.2) is 4.68 Å². The van der Waals surface area contributed by atoms with E-state index in [9.17, 15) is 0 Å². The third-order valence-corrected chi connectivity index (χ3v) is 2.91. The van der Waals surface area contributed by atoms with E-state index in [0.29, 0.717) is 12.6 Å². The smallest absolute Gasteiger partial charge is 0.322 e. The Balaban J connectivity index is 1.96. The minimum Gasteiger partial charge on any atom is -0.464 e. The minimum absolute atomic E-state index is 0.0696. The second kappa shape index (κ2) is 5.88. The molecule has 1 aromatic carbocycles. The summed E-state index contributed by atoms with van der Waals surface area (Å²) in [4.78, 5) is 12.1. The maximum absolute atomic E-state index is 5.88. The van der Waals surface area contributed by atoms with Crippen LogP contribution in [0.25, 0.3) is 17.1 Å². The largest absolute Gasteiger partial charge is 0.464 e. The molecule has 106 valence electrons. The fourth-order valence-corrected chi connectivity index (χ4v) is 1.98. The van der Waals surface area contributed by atoms with Gasteiger partial charge in [0.1, 0.15) is 0 Å². The highest BCUT2D eigenvalue weighted by Gasteiger charge is 2.10. The molecule has 3 aromatic rings. The van der Waals surface area contributed by atoms with Crippen LogP contribution < -0.4 is 4.74 Å². The third-order valence-electron chi connectivity index (χ3n) is 2.74. The highest BCUT2D eigenvalue weighted by atomic mass is 35.5. The van der Waals surface area contributed by atoms with Crippen molar-refractivity contribution in [3.05, 3.63) is 48.0 Å². The van der Waals surface area contributed by atoms with Crippen molar-refractivity contribution in [3.63, 3.8) is 0 Å². The van der Waals surface area contributed by atoms with E-state index in [4.69, 9.17) is 16.3 Å². The first kappa shape index (κ1) is 13.5. The highest BCUT2D eigenvalue weighted by molar-refractivity contribution is 6.28. The summed E-state index contributed by atoms with van der Waals surface area (Å²) >= 11 is 5.88. The first-order valence-corrected chi connectivity index (χ1v) is 6.79. The number of ether oxygens (including phenoxy) is 1. The molecule has 0 aliphatic rings. The van der Waals surface area contributed by atoms with Gasteiger partial charge in [0.2, 0.25) is 5.28 Å². The van der Waals surface area contributed by atoms with E-state index in [-0.39, 0.29) is 11.3 Å². The summed E-state index contributed by atoms with van der Waals surface area (Å²) in [6.07, 6.45) is 3.57. The molecule has 0 radical (unpaired) electrons. The second-order valence-electron chi connectivity index (χ2n) is 4.16. The van der Waals surface area contributed by atoms with Crippen LogP contribution in [0.3, 0.4) is 0 Å². The van der Waals surface area contributed by atoms with E-state index < -0.39 is 0 Å². The predicted octanol–water partition coefficient (Wildman–Crippen LogP) is 2.78. The zero-order valence-electron chi connectivity index (χ0n) is 11.3. The molecule has 21 heavy (non-hydrogen) atoms. The fourth-order valence-electron chi connectivity index (χ4n) is 1.83. The minimum atomic E-state index is 0.0696. The lowest BCUT2D eigenvalue weighted by Gasteiger charge is -2.03. The number of halogens is 1. The summed E-state index contributed by atoms with van der Waals surface area (Å²) in [6, 6.07) is 10.1. The van der Waals surface area contributed by atoms with Gasteiger partial charge in [-0.3, -0.25) is 0 Å². The fraction of sp³-hybridized carbons (Fsp3) is 0.143. The van der Waals surface area contributed by atoms with Crippen LogP contribution >= 0.6 is 11.6 Å². The summed E-state index contributed by atoms with van der Waals surface area (Å²) in [5.41, 5.74) is 2.03. The molecule has 3 rings (SSSR count). The van der Waals surface area contributed by atoms with Gasteiger partial charge >= 0.3 is 6.01 Å². The van der Waals surface area contributed by atoms with Crippen LogP contribution in [0.1, 0.15) is 6.92 Å². The topological polar surface area (TPSA) is 65.7 Å². The monoisotopic (exact) mass is 301 g/mol. The molecule has 6 nitrogen and oxygen atoms in total. The molecule has 0 aliphatic carbocycles. The van der Waals surface area contributed by atoms with Gasteiger partial charge in [0.05, 0.1) is 12.8 Å². The predicted molar refractivity (Wildman–Crippen MR) is 78.6 cm³/mol. The average molecular weight is 302 g/mol. The van der Waals surface area contributed by atoms with Crippen molar-refractivity contribution >= 4 is 11.6 Å². The molecular weight excluding hydrogens is 290 g/mol. The lowest BCUT2D eigenvalue weighted by molar-refractivity contribution is 0.310. The number of hydrogen-bond donors (Lipinski definition) is 0. The maximum atomic E-state index is 5.88. The Bertz CT molecular complexity index is 744. The van der Waals surface area contributed by atoms with Crippen molar-refractivity contribution in [2.75, 3.05) is 6.61 Å². The second-order valence-corrected chi connectivity index (χ2v) is 4.50. The van der Waals surface area contributed by atoms with Crippen molar-refractivity contribution in [3.8, 4) is 23.1 Å². The number of aromatic nitrogens is 5. The molecule has 0 amide bonds. The summed E-state index contributed by atoms with van der Waals surface area (Å²) in [5.74, 6) is 0.320. The molecule has 2 aromatic heterocycles. The van der Waals surface area contributed by atoms with Crippen molar-refractivity contribution in [1.29, 1.82) is 0 Å². The van der Waals surface area contributed by atoms with Gasteiger partial charge in [-0.2, -0.15) is 20.1 Å². The third kappa shape index (κ3) is 3.00. The van der Waals surface area contributed by atoms with E-state index in [2.05, 4.69) is 20.1 Å². The quantitative estimate of drug-likeness (QED) is 0.741. The van der Waals surface area contributed by atoms with Gasteiger partial charge in [-0.05, 0) is 24.1 Å². The molecule has 2 heterocycles. The van der Waals surface area contributed by atoms with Crippen molar-refractivity contribution in [1.82, 2.24) is 24.7 Å². The lowest BCUT2D eigenvalue weighted by atomic mass is 10.1. The number of benzene rings is 1. The molecule has 0 spiro atoms. The first-order valence-electron chi connectivity index (χ1n) is 6.41. The summed E-state index contributed by atoms with van der Waals surface area (Å²) in [5, 5.41) is 4.32. The Kier molecular flexibility index (Phi) is 3.79. The molecule has 0 atom stereocenters. The van der Waals surface area contributed by atoms with Gasteiger partial charge < -0.3 is 4.74 Å². The zero-order valence-corrected chi connectivity index (χ0v) is 12.0. The van der Waals surface area contributed by atoms with Gasteiger partial charge in [-0.15, -0.1) is 0 Å². The normalized spacial score (nSPS) is 10.6. The van der Waals surface area contributed by atoms with Crippen LogP contribution in [-0.4, -0.2) is 31.3 Å². The van der Waals surface area contributed by atoms with Crippen molar-refractivity contribution in [2.24, 2.45) is 0 Å². The molecule has 0 N–H and O–H groups in total. The number of hydrogen-bond acceptors (Lipinski definition) is 5. The van der Waals surface area contributed by atoms with Crippen molar-refractivity contribution < 1.29 is 4.74 Å². The van der Waals surface area contributed by atoms with Crippen LogP contribution in [-0.2, 0) is 0 Å². The Morgan fingerprint density at radius 3 is 2.67 bits per heavy atom. The SMILES string of the molecule is CCOc1nc(Cl)nc(-n2cc(-c3ccccc3)cn2)n1. The summed E-state index contributed by atoms with van der Waals surface area (Å²) < 4.78 is 6.79. The van der Waals surface area contributed by atoms with Crippen molar-refractivity contribution in [2.45, 2.75) is 6.92 Å². The maximum Gasteiger partial charge on any atom is 0.322 e. The molecule has 0 saturated heterocycles. The van der Waals surface area contributed by atoms with E-state index in [1.165, 1.54) is 0 Å². The van der Waals surface area contributed by atoms with E-state index in [1.54, 1.807) is 10.9 Å². The molecule has 0 fully saturated rings. The zero-order chi connectivity index (χ0) is 14.7. The standard InChI is InChI=1S/C14H12ClN5O/c1-2-21-14-18-12(15)17-13(19-14)20-9-11(8-16-20)10-6-4-3-5-7-10/h3-9H,2H2,1H3. The summed E-state index contributed by atoms with van der Waals surface area (Å²) in [6.45, 7) is 2.30. The van der Waals surface area contributed by atoms with Crippen LogP contribution in [0, 0.1) is 0 Å². The Hall–Kier alpha value is -2.47. The van der Waals surface area contributed by atoms with Crippen LogP contribution in [0.5, 0.6) is 6.01 Å². The number of rotatable bonds is 4. The van der Waals surface area contributed by atoms with E-state index in [0.717, 1.165) is 11.1 Å². The lowest BCUT2D eigenvalue weighted by Crippen LogP contribution is -2.06. The van der Waals surface area contributed by atoms with Gasteiger partial charge in [0, 0.05) is 11.8 Å². The van der Waals surface area contributed by atoms with Gasteiger partial charge in [-0.1, -0.05) is 30.3 Å². The molecule has 0 saturated carbocycles. The van der Waals surface area contributed by atoms with E-state index in [1.807, 2.05) is 43.5 Å². The molecular formula is C14H12ClN5O. The first-order chi connectivity index (χ1) is 10.3. The van der Waals surface area contributed by atoms with Crippen LogP contribution in [0.4, 0.5) is 0 Å². The van der Waals surface area contributed by atoms with Crippen LogP contribution in [0.2, 0.25) is 5.28 Å². The number of nitrogens with zero attached hydrogens (tertiary/aromatic N) is 5. The molecule has 0 aliphatic heterocycles. The highest BCUT2D eigenvalue weighted by Crippen LogP contribution is 2.19. The van der Waals surface area contributed by atoms with Gasteiger partial charge in [0.15, 0.2) is 0 Å². The molecule has 0 unspecified atom stereocenters. The Labute approximate surface area is 126 Å². The Morgan fingerprint density at radius 1 is 1.10 bits per heavy atom. The van der Waals surface area contributed by atoms with Crippen LogP contribution in [0.15, 0.2) is 42.7 Å². The molecule has 7 heteroatoms. The van der Waals surface area contributed by atoms with Gasteiger partial charge in [0.25, 0.3) is 5.95 Å². The Morgan fingerprint density at radius 2 is 1.90 bits per heavy atom. The molecule has 0 bridgehead atoms. The van der Waals surface area contributed by atoms with E-state index >= 15 is 0 Å². The summed E-state index contributed by atoms with van der Waals surface area (Å²) in [7, 11) is 0.